The van der Waals surface area contributed by atoms with Crippen molar-refractivity contribution in [3.05, 3.63) is 30.1 Å². The lowest BCUT2D eigenvalue weighted by Crippen LogP contribution is -2.45. The fraction of sp³-hybridized carbons (Fsp3) is 0.625. The minimum Gasteiger partial charge on any atom is -0.388 e. The predicted molar refractivity (Wildman–Crippen MR) is 78.1 cm³/mol. The van der Waals surface area contributed by atoms with Crippen molar-refractivity contribution in [2.45, 2.75) is 51.0 Å². The molecule has 0 bridgehead atoms. The Morgan fingerprint density at radius 2 is 2.45 bits per heavy atom. The van der Waals surface area contributed by atoms with Crippen LogP contribution in [0.15, 0.2) is 24.5 Å². The minimum absolute atomic E-state index is 0.000467. The van der Waals surface area contributed by atoms with Gasteiger partial charge in [0.05, 0.1) is 5.60 Å². The highest BCUT2D eigenvalue weighted by atomic mass is 16.3. The molecule has 0 aromatic carbocycles. The van der Waals surface area contributed by atoms with Crippen molar-refractivity contribution in [2.75, 3.05) is 6.54 Å². The smallest absolute Gasteiger partial charge is 0.220 e. The van der Waals surface area contributed by atoms with Crippen LogP contribution in [-0.2, 0) is 11.2 Å². The van der Waals surface area contributed by atoms with Gasteiger partial charge in [0.2, 0.25) is 5.91 Å². The number of aromatic nitrogens is 1. The van der Waals surface area contributed by atoms with Crippen LogP contribution in [0.5, 0.6) is 0 Å². The first-order valence-electron chi connectivity index (χ1n) is 7.45. The van der Waals surface area contributed by atoms with Crippen LogP contribution in [0.25, 0.3) is 0 Å². The van der Waals surface area contributed by atoms with Gasteiger partial charge >= 0.3 is 0 Å². The first-order valence-corrected chi connectivity index (χ1v) is 7.45. The number of aliphatic hydroxyl groups is 1. The summed E-state index contributed by atoms with van der Waals surface area (Å²) in [6.45, 7) is 2.54. The third-order valence-electron chi connectivity index (χ3n) is 4.05. The Labute approximate surface area is 120 Å². The maximum Gasteiger partial charge on any atom is 0.220 e. The van der Waals surface area contributed by atoms with Gasteiger partial charge in [-0.25, -0.2) is 0 Å². The molecule has 1 saturated carbocycles. The van der Waals surface area contributed by atoms with Gasteiger partial charge in [0.1, 0.15) is 0 Å². The third-order valence-corrected chi connectivity index (χ3v) is 4.05. The summed E-state index contributed by atoms with van der Waals surface area (Å²) in [5.74, 6) is 0.543. The van der Waals surface area contributed by atoms with Crippen molar-refractivity contribution >= 4 is 5.91 Å². The molecule has 2 atom stereocenters. The fourth-order valence-electron chi connectivity index (χ4n) is 2.95. The summed E-state index contributed by atoms with van der Waals surface area (Å²) in [4.78, 5) is 15.9. The molecule has 4 heteroatoms. The SMILES string of the molecule is CC1CCCC(O)(CNC(=O)CCc2cccnc2)C1. The molecule has 1 aromatic heterocycles. The van der Waals surface area contributed by atoms with Crippen molar-refractivity contribution in [1.29, 1.82) is 0 Å². The van der Waals surface area contributed by atoms with Crippen molar-refractivity contribution < 1.29 is 9.90 Å². The maximum absolute atomic E-state index is 11.8. The summed E-state index contributed by atoms with van der Waals surface area (Å²) >= 11 is 0. The van der Waals surface area contributed by atoms with Gasteiger partial charge in [-0.15, -0.1) is 0 Å². The quantitative estimate of drug-likeness (QED) is 0.865. The topological polar surface area (TPSA) is 62.2 Å². The normalized spacial score (nSPS) is 26.2. The second-order valence-electron chi connectivity index (χ2n) is 6.06. The van der Waals surface area contributed by atoms with Crippen molar-refractivity contribution in [1.82, 2.24) is 10.3 Å². The highest BCUT2D eigenvalue weighted by Gasteiger charge is 2.32. The Balaban J connectivity index is 1.72. The molecule has 1 aliphatic rings. The molecule has 0 radical (unpaired) electrons. The van der Waals surface area contributed by atoms with Crippen LogP contribution in [0.4, 0.5) is 0 Å². The zero-order valence-electron chi connectivity index (χ0n) is 12.1. The Morgan fingerprint density at radius 3 is 3.15 bits per heavy atom. The number of pyridine rings is 1. The van der Waals surface area contributed by atoms with Crippen LogP contribution >= 0.6 is 0 Å². The van der Waals surface area contributed by atoms with E-state index >= 15 is 0 Å². The number of aryl methyl sites for hydroxylation is 1. The molecule has 4 nitrogen and oxygen atoms in total. The van der Waals surface area contributed by atoms with E-state index < -0.39 is 5.60 Å². The summed E-state index contributed by atoms with van der Waals surface area (Å²) in [5, 5.41) is 13.3. The summed E-state index contributed by atoms with van der Waals surface area (Å²) in [6.07, 6.45) is 8.44. The molecule has 20 heavy (non-hydrogen) atoms. The predicted octanol–water partition coefficient (Wildman–Crippen LogP) is 2.07. The lowest BCUT2D eigenvalue weighted by atomic mass is 9.79. The summed E-state index contributed by atoms with van der Waals surface area (Å²) in [5.41, 5.74) is 0.356. The van der Waals surface area contributed by atoms with Crippen LogP contribution < -0.4 is 5.32 Å². The van der Waals surface area contributed by atoms with Crippen molar-refractivity contribution in [3.8, 4) is 0 Å². The van der Waals surface area contributed by atoms with E-state index in [1.165, 1.54) is 6.42 Å². The molecule has 1 heterocycles. The summed E-state index contributed by atoms with van der Waals surface area (Å²) in [6, 6.07) is 3.84. The minimum atomic E-state index is -0.707. The number of amides is 1. The molecule has 2 rings (SSSR count). The van der Waals surface area contributed by atoms with E-state index in [1.54, 1.807) is 12.4 Å². The van der Waals surface area contributed by atoms with Gasteiger partial charge in [-0.05, 0) is 36.8 Å². The second kappa shape index (κ2) is 6.84. The first kappa shape index (κ1) is 15.0. The van der Waals surface area contributed by atoms with Gasteiger partial charge in [-0.3, -0.25) is 9.78 Å². The third kappa shape index (κ3) is 4.60. The maximum atomic E-state index is 11.8. The van der Waals surface area contributed by atoms with Gasteiger partial charge in [0.25, 0.3) is 0 Å². The van der Waals surface area contributed by atoms with Crippen molar-refractivity contribution in [3.63, 3.8) is 0 Å². The van der Waals surface area contributed by atoms with E-state index in [9.17, 15) is 9.90 Å². The zero-order valence-corrected chi connectivity index (χ0v) is 12.1. The molecule has 2 N–H and O–H groups in total. The molecule has 0 aliphatic heterocycles. The van der Waals surface area contributed by atoms with E-state index in [0.29, 0.717) is 25.3 Å². The van der Waals surface area contributed by atoms with Gasteiger partial charge < -0.3 is 10.4 Å². The number of hydrogen-bond donors (Lipinski definition) is 2. The lowest BCUT2D eigenvalue weighted by molar-refractivity contribution is -0.122. The highest BCUT2D eigenvalue weighted by Crippen LogP contribution is 2.31. The molecular formula is C16H24N2O2. The van der Waals surface area contributed by atoms with E-state index in [1.807, 2.05) is 12.1 Å². The number of nitrogens with zero attached hydrogens (tertiary/aromatic N) is 1. The monoisotopic (exact) mass is 276 g/mol. The molecule has 0 saturated heterocycles. The Hall–Kier alpha value is -1.42. The van der Waals surface area contributed by atoms with Gasteiger partial charge in [0, 0.05) is 25.4 Å². The highest BCUT2D eigenvalue weighted by molar-refractivity contribution is 5.76. The average molecular weight is 276 g/mol. The molecule has 1 amide bonds. The largest absolute Gasteiger partial charge is 0.388 e. The molecule has 1 aromatic rings. The van der Waals surface area contributed by atoms with Crippen molar-refractivity contribution in [2.24, 2.45) is 5.92 Å². The second-order valence-corrected chi connectivity index (χ2v) is 6.06. The molecule has 1 aliphatic carbocycles. The molecule has 0 spiro atoms. The van der Waals surface area contributed by atoms with E-state index in [-0.39, 0.29) is 5.91 Å². The number of hydrogen-bond acceptors (Lipinski definition) is 3. The van der Waals surface area contributed by atoms with Crippen LogP contribution in [0.3, 0.4) is 0 Å². The molecule has 110 valence electrons. The van der Waals surface area contributed by atoms with Crippen LogP contribution in [0.2, 0.25) is 0 Å². The summed E-state index contributed by atoms with van der Waals surface area (Å²) < 4.78 is 0. The number of carbonyl (C=O) groups excluding carboxylic acids is 1. The van der Waals surface area contributed by atoms with E-state index in [2.05, 4.69) is 17.2 Å². The number of nitrogens with one attached hydrogen (secondary N) is 1. The van der Waals surface area contributed by atoms with Gasteiger partial charge in [-0.2, -0.15) is 0 Å². The lowest BCUT2D eigenvalue weighted by Gasteiger charge is -2.35. The zero-order chi connectivity index (χ0) is 14.4. The van der Waals surface area contributed by atoms with Crippen LogP contribution in [0, 0.1) is 5.92 Å². The van der Waals surface area contributed by atoms with E-state index in [4.69, 9.17) is 0 Å². The molecule has 1 fully saturated rings. The molecule has 2 unspecified atom stereocenters. The van der Waals surface area contributed by atoms with E-state index in [0.717, 1.165) is 24.8 Å². The number of rotatable bonds is 5. The first-order chi connectivity index (χ1) is 9.57. The standard InChI is InChI=1S/C16H24N2O2/c1-13-4-2-8-16(20,10-13)12-18-15(19)7-6-14-5-3-9-17-11-14/h3,5,9,11,13,20H,2,4,6-8,10,12H2,1H3,(H,18,19). The van der Waals surface area contributed by atoms with Gasteiger partial charge in [0.15, 0.2) is 0 Å². The Kier molecular flexibility index (Phi) is 5.12. The van der Waals surface area contributed by atoms with Gasteiger partial charge in [-0.1, -0.05) is 25.8 Å². The summed E-state index contributed by atoms with van der Waals surface area (Å²) in [7, 11) is 0. The molecular weight excluding hydrogens is 252 g/mol. The fourth-order valence-corrected chi connectivity index (χ4v) is 2.95. The van der Waals surface area contributed by atoms with Crippen LogP contribution in [0.1, 0.15) is 44.6 Å². The Morgan fingerprint density at radius 1 is 1.60 bits per heavy atom. The number of carbonyl (C=O) groups is 1. The average Bonchev–Trinajstić information content (AvgIpc) is 2.44. The van der Waals surface area contributed by atoms with Crippen LogP contribution in [-0.4, -0.2) is 28.1 Å². The Bertz CT molecular complexity index is 435.